The Balaban J connectivity index is 2.52. The van der Waals surface area contributed by atoms with Crippen LogP contribution < -0.4 is 5.73 Å². The molecule has 0 saturated heterocycles. The van der Waals surface area contributed by atoms with Gasteiger partial charge in [0.15, 0.2) is 0 Å². The third kappa shape index (κ3) is 1.29. The Morgan fingerprint density at radius 3 is 2.47 bits per heavy atom. The normalized spacial score (nSPS) is 27.1. The van der Waals surface area contributed by atoms with Crippen LogP contribution in [0.4, 0.5) is 0 Å². The summed E-state index contributed by atoms with van der Waals surface area (Å²) in [6.07, 6.45) is 6.66. The van der Waals surface area contributed by atoms with Gasteiger partial charge in [-0.3, -0.25) is 0 Å². The number of nitrogens with two attached hydrogens (primary N) is 1. The molecule has 0 aliphatic heterocycles. The summed E-state index contributed by atoms with van der Waals surface area (Å²) in [4.78, 5) is 0. The first-order chi connectivity index (χ1) is 7.07. The molecule has 15 heavy (non-hydrogen) atoms. The van der Waals surface area contributed by atoms with Crippen molar-refractivity contribution in [3.8, 4) is 12.3 Å². The van der Waals surface area contributed by atoms with E-state index in [0.29, 0.717) is 6.54 Å². The average molecular weight is 199 g/mol. The number of terminal acetylenes is 1. The van der Waals surface area contributed by atoms with E-state index in [0.717, 1.165) is 12.0 Å². The summed E-state index contributed by atoms with van der Waals surface area (Å²) in [6.45, 7) is 5.19. The van der Waals surface area contributed by atoms with Gasteiger partial charge in [-0.1, -0.05) is 38.0 Å². The van der Waals surface area contributed by atoms with Gasteiger partial charge in [0.2, 0.25) is 0 Å². The topological polar surface area (TPSA) is 26.0 Å². The van der Waals surface area contributed by atoms with Crippen molar-refractivity contribution in [2.75, 3.05) is 6.54 Å². The molecule has 1 aromatic carbocycles. The highest BCUT2D eigenvalue weighted by Crippen LogP contribution is 2.64. The van der Waals surface area contributed by atoms with Crippen LogP contribution in [0.5, 0.6) is 0 Å². The number of hydrogen-bond acceptors (Lipinski definition) is 1. The molecule has 1 fully saturated rings. The maximum atomic E-state index is 5.93. The quantitative estimate of drug-likeness (QED) is 0.727. The van der Waals surface area contributed by atoms with Crippen LogP contribution in [0.3, 0.4) is 0 Å². The van der Waals surface area contributed by atoms with E-state index >= 15 is 0 Å². The SMILES string of the molecule is C#Cc1ccccc1C1(CN)CC1(C)C. The summed E-state index contributed by atoms with van der Waals surface area (Å²) < 4.78 is 0. The summed E-state index contributed by atoms with van der Waals surface area (Å²) in [7, 11) is 0. The van der Waals surface area contributed by atoms with E-state index in [1.54, 1.807) is 0 Å². The van der Waals surface area contributed by atoms with Crippen molar-refractivity contribution in [1.29, 1.82) is 0 Å². The second kappa shape index (κ2) is 3.12. The molecular formula is C14H17N. The van der Waals surface area contributed by atoms with Gasteiger partial charge in [-0.2, -0.15) is 0 Å². The first-order valence-electron chi connectivity index (χ1n) is 5.33. The molecule has 0 aromatic heterocycles. The van der Waals surface area contributed by atoms with Crippen LogP contribution in [0.2, 0.25) is 0 Å². The van der Waals surface area contributed by atoms with Gasteiger partial charge in [-0.05, 0) is 23.5 Å². The summed E-state index contributed by atoms with van der Waals surface area (Å²) >= 11 is 0. The smallest absolute Gasteiger partial charge is 0.0280 e. The zero-order valence-corrected chi connectivity index (χ0v) is 9.38. The third-order valence-corrected chi connectivity index (χ3v) is 3.86. The molecule has 1 atom stereocenters. The molecule has 2 rings (SSSR count). The lowest BCUT2D eigenvalue weighted by molar-refractivity contribution is 0.502. The van der Waals surface area contributed by atoms with Crippen molar-refractivity contribution in [2.45, 2.75) is 25.7 Å². The highest BCUT2D eigenvalue weighted by atomic mass is 14.7. The zero-order valence-electron chi connectivity index (χ0n) is 9.38. The highest BCUT2D eigenvalue weighted by molar-refractivity contribution is 5.49. The molecule has 1 unspecified atom stereocenters. The molecule has 1 nitrogen and oxygen atoms in total. The first-order valence-corrected chi connectivity index (χ1v) is 5.33. The van der Waals surface area contributed by atoms with Crippen molar-refractivity contribution in [1.82, 2.24) is 0 Å². The van der Waals surface area contributed by atoms with Crippen molar-refractivity contribution >= 4 is 0 Å². The Kier molecular flexibility index (Phi) is 2.13. The minimum atomic E-state index is 0.107. The van der Waals surface area contributed by atoms with E-state index in [-0.39, 0.29) is 10.8 Å². The minimum Gasteiger partial charge on any atom is -0.330 e. The fraction of sp³-hybridized carbons (Fsp3) is 0.429. The Bertz CT molecular complexity index is 425. The lowest BCUT2D eigenvalue weighted by Gasteiger charge is -2.20. The van der Waals surface area contributed by atoms with Crippen LogP contribution in [-0.4, -0.2) is 6.54 Å². The molecule has 1 aliphatic carbocycles. The van der Waals surface area contributed by atoms with Crippen molar-refractivity contribution in [2.24, 2.45) is 11.1 Å². The zero-order chi connectivity index (χ0) is 11.1. The molecule has 0 amide bonds. The third-order valence-electron chi connectivity index (χ3n) is 3.86. The summed E-state index contributed by atoms with van der Waals surface area (Å²) in [6, 6.07) is 8.15. The van der Waals surface area contributed by atoms with Crippen LogP contribution in [-0.2, 0) is 5.41 Å². The summed E-state index contributed by atoms with van der Waals surface area (Å²) in [5, 5.41) is 0. The Labute approximate surface area is 91.7 Å². The maximum absolute atomic E-state index is 5.93. The molecule has 0 bridgehead atoms. The second-order valence-corrected chi connectivity index (χ2v) is 5.04. The van der Waals surface area contributed by atoms with Crippen molar-refractivity contribution in [3.63, 3.8) is 0 Å². The fourth-order valence-corrected chi connectivity index (χ4v) is 2.65. The second-order valence-electron chi connectivity index (χ2n) is 5.04. The highest BCUT2D eigenvalue weighted by Gasteiger charge is 2.61. The molecular weight excluding hydrogens is 182 g/mol. The molecule has 1 heteroatoms. The first kappa shape index (κ1) is 10.3. The van der Waals surface area contributed by atoms with Crippen LogP contribution in [0.25, 0.3) is 0 Å². The fourth-order valence-electron chi connectivity index (χ4n) is 2.65. The van der Waals surface area contributed by atoms with Gasteiger partial charge in [-0.25, -0.2) is 0 Å². The largest absolute Gasteiger partial charge is 0.330 e. The van der Waals surface area contributed by atoms with Gasteiger partial charge in [0.25, 0.3) is 0 Å². The van der Waals surface area contributed by atoms with E-state index in [4.69, 9.17) is 12.2 Å². The molecule has 0 radical (unpaired) electrons. The van der Waals surface area contributed by atoms with Gasteiger partial charge in [0, 0.05) is 17.5 Å². The molecule has 1 saturated carbocycles. The predicted octanol–water partition coefficient (Wildman–Crippen LogP) is 2.29. The molecule has 1 aromatic rings. The Morgan fingerprint density at radius 1 is 1.40 bits per heavy atom. The number of rotatable bonds is 2. The van der Waals surface area contributed by atoms with Gasteiger partial charge >= 0.3 is 0 Å². The molecule has 2 N–H and O–H groups in total. The predicted molar refractivity (Wildman–Crippen MR) is 63.5 cm³/mol. The lowest BCUT2D eigenvalue weighted by Crippen LogP contribution is -2.26. The minimum absolute atomic E-state index is 0.107. The van der Waals surface area contributed by atoms with Gasteiger partial charge in [0.1, 0.15) is 0 Å². The summed E-state index contributed by atoms with van der Waals surface area (Å²) in [5.41, 5.74) is 8.57. The van der Waals surface area contributed by atoms with Crippen LogP contribution in [0, 0.1) is 17.8 Å². The Morgan fingerprint density at radius 2 is 2.00 bits per heavy atom. The lowest BCUT2D eigenvalue weighted by atomic mass is 9.85. The van der Waals surface area contributed by atoms with E-state index in [2.05, 4.69) is 25.8 Å². The van der Waals surface area contributed by atoms with E-state index in [9.17, 15) is 0 Å². The van der Waals surface area contributed by atoms with Gasteiger partial charge in [0.05, 0.1) is 0 Å². The van der Waals surface area contributed by atoms with Crippen LogP contribution in [0.1, 0.15) is 31.4 Å². The maximum Gasteiger partial charge on any atom is 0.0280 e. The molecule has 78 valence electrons. The number of benzene rings is 1. The van der Waals surface area contributed by atoms with Crippen molar-refractivity contribution < 1.29 is 0 Å². The standard InChI is InChI=1S/C14H17N/c1-4-11-7-5-6-8-12(11)14(10-15)9-13(14,2)3/h1,5-8H,9-10,15H2,2-3H3. The van der Waals surface area contributed by atoms with E-state index < -0.39 is 0 Å². The van der Waals surface area contributed by atoms with E-state index in [1.807, 2.05) is 18.2 Å². The molecule has 0 heterocycles. The Hall–Kier alpha value is -1.26. The van der Waals surface area contributed by atoms with E-state index in [1.165, 1.54) is 5.56 Å². The van der Waals surface area contributed by atoms with Crippen LogP contribution >= 0.6 is 0 Å². The summed E-state index contributed by atoms with van der Waals surface area (Å²) in [5.74, 6) is 2.76. The van der Waals surface area contributed by atoms with Gasteiger partial charge in [-0.15, -0.1) is 6.42 Å². The average Bonchev–Trinajstić information content (AvgIpc) is 2.82. The van der Waals surface area contributed by atoms with Crippen molar-refractivity contribution in [3.05, 3.63) is 35.4 Å². The monoisotopic (exact) mass is 199 g/mol. The molecule has 0 spiro atoms. The number of hydrogen-bond donors (Lipinski definition) is 1. The van der Waals surface area contributed by atoms with Gasteiger partial charge < -0.3 is 5.73 Å². The molecule has 1 aliphatic rings. The van der Waals surface area contributed by atoms with Crippen LogP contribution in [0.15, 0.2) is 24.3 Å².